The number of carbonyl (C=O) groups excluding carboxylic acids is 1. The standard InChI is InChI=1S/C14H15N3O/c1-11(18)17-13-7-5-12(6-8-13)16-10-14-4-2-3-9-15-14/h2-9,16H,10H2,1H3,(H,17,18). The average Bonchev–Trinajstić information content (AvgIpc) is 2.38. The SMILES string of the molecule is CC(=O)Nc1ccc(NCc2ccccn2)cc1. The van der Waals surface area contributed by atoms with Crippen LogP contribution in [0.15, 0.2) is 48.7 Å². The molecule has 1 aromatic heterocycles. The molecule has 4 heteroatoms. The largest absolute Gasteiger partial charge is 0.379 e. The second-order valence-corrected chi connectivity index (χ2v) is 3.93. The summed E-state index contributed by atoms with van der Waals surface area (Å²) in [6, 6.07) is 13.4. The van der Waals surface area contributed by atoms with E-state index < -0.39 is 0 Å². The van der Waals surface area contributed by atoms with Gasteiger partial charge in [0.25, 0.3) is 0 Å². The van der Waals surface area contributed by atoms with Crippen LogP contribution >= 0.6 is 0 Å². The highest BCUT2D eigenvalue weighted by Crippen LogP contribution is 2.14. The molecule has 1 amide bonds. The molecule has 0 bridgehead atoms. The Morgan fingerprint density at radius 2 is 1.83 bits per heavy atom. The molecule has 0 radical (unpaired) electrons. The second-order valence-electron chi connectivity index (χ2n) is 3.93. The topological polar surface area (TPSA) is 54.0 Å². The summed E-state index contributed by atoms with van der Waals surface area (Å²) in [6.45, 7) is 2.17. The number of hydrogen-bond donors (Lipinski definition) is 2. The lowest BCUT2D eigenvalue weighted by Gasteiger charge is -2.07. The number of anilines is 2. The van der Waals surface area contributed by atoms with Crippen molar-refractivity contribution in [3.63, 3.8) is 0 Å². The van der Waals surface area contributed by atoms with Crippen LogP contribution in [-0.4, -0.2) is 10.9 Å². The number of amides is 1. The van der Waals surface area contributed by atoms with Gasteiger partial charge < -0.3 is 10.6 Å². The fourth-order valence-electron chi connectivity index (χ4n) is 1.57. The van der Waals surface area contributed by atoms with Gasteiger partial charge in [0.15, 0.2) is 0 Å². The average molecular weight is 241 g/mol. The lowest BCUT2D eigenvalue weighted by atomic mass is 10.2. The summed E-state index contributed by atoms with van der Waals surface area (Å²) in [5, 5.41) is 5.99. The first-order valence-corrected chi connectivity index (χ1v) is 5.75. The number of carbonyl (C=O) groups is 1. The van der Waals surface area contributed by atoms with Crippen molar-refractivity contribution in [3.8, 4) is 0 Å². The first-order chi connectivity index (χ1) is 8.74. The minimum Gasteiger partial charge on any atom is -0.379 e. The van der Waals surface area contributed by atoms with Gasteiger partial charge in [0.05, 0.1) is 12.2 Å². The van der Waals surface area contributed by atoms with Crippen LogP contribution in [0.5, 0.6) is 0 Å². The second kappa shape index (κ2) is 5.82. The molecule has 2 N–H and O–H groups in total. The zero-order valence-corrected chi connectivity index (χ0v) is 10.2. The van der Waals surface area contributed by atoms with E-state index in [2.05, 4.69) is 15.6 Å². The van der Waals surface area contributed by atoms with E-state index in [1.807, 2.05) is 42.5 Å². The maximum atomic E-state index is 10.9. The Kier molecular flexibility index (Phi) is 3.91. The Morgan fingerprint density at radius 1 is 1.11 bits per heavy atom. The number of rotatable bonds is 4. The predicted octanol–water partition coefficient (Wildman–Crippen LogP) is 2.65. The number of nitrogens with zero attached hydrogens (tertiary/aromatic N) is 1. The summed E-state index contributed by atoms with van der Waals surface area (Å²) in [6.07, 6.45) is 1.77. The molecule has 2 aromatic rings. The van der Waals surface area contributed by atoms with E-state index in [9.17, 15) is 4.79 Å². The minimum absolute atomic E-state index is 0.0656. The van der Waals surface area contributed by atoms with Gasteiger partial charge in [-0.25, -0.2) is 0 Å². The Morgan fingerprint density at radius 3 is 2.44 bits per heavy atom. The molecule has 1 aromatic carbocycles. The molecule has 0 saturated carbocycles. The van der Waals surface area contributed by atoms with Crippen molar-refractivity contribution in [2.75, 3.05) is 10.6 Å². The van der Waals surface area contributed by atoms with Crippen LogP contribution in [-0.2, 0) is 11.3 Å². The third kappa shape index (κ3) is 3.59. The molecule has 92 valence electrons. The summed E-state index contributed by atoms with van der Waals surface area (Å²) >= 11 is 0. The number of hydrogen-bond acceptors (Lipinski definition) is 3. The van der Waals surface area contributed by atoms with Crippen LogP contribution in [0, 0.1) is 0 Å². The summed E-state index contributed by atoms with van der Waals surface area (Å²) in [7, 11) is 0. The molecule has 0 spiro atoms. The molecule has 4 nitrogen and oxygen atoms in total. The molecule has 18 heavy (non-hydrogen) atoms. The lowest BCUT2D eigenvalue weighted by Crippen LogP contribution is -2.06. The van der Waals surface area contributed by atoms with Crippen molar-refractivity contribution in [2.24, 2.45) is 0 Å². The molecule has 0 aliphatic carbocycles. The van der Waals surface area contributed by atoms with Crippen LogP contribution < -0.4 is 10.6 Å². The van der Waals surface area contributed by atoms with E-state index in [0.717, 1.165) is 17.1 Å². The summed E-state index contributed by atoms with van der Waals surface area (Å²) in [5.74, 6) is -0.0656. The Labute approximate surface area is 106 Å². The summed E-state index contributed by atoms with van der Waals surface area (Å²) in [5.41, 5.74) is 2.78. The normalized spacial score (nSPS) is 9.83. The first-order valence-electron chi connectivity index (χ1n) is 5.75. The van der Waals surface area contributed by atoms with Gasteiger partial charge in [-0.1, -0.05) is 6.07 Å². The van der Waals surface area contributed by atoms with Crippen LogP contribution in [0.2, 0.25) is 0 Å². The number of benzene rings is 1. The van der Waals surface area contributed by atoms with Crippen molar-refractivity contribution in [1.82, 2.24) is 4.98 Å². The molecular formula is C14H15N3O. The fourth-order valence-corrected chi connectivity index (χ4v) is 1.57. The van der Waals surface area contributed by atoms with Crippen LogP contribution in [0.25, 0.3) is 0 Å². The third-order valence-electron chi connectivity index (χ3n) is 2.41. The van der Waals surface area contributed by atoms with Crippen molar-refractivity contribution in [3.05, 3.63) is 54.4 Å². The molecule has 0 atom stereocenters. The van der Waals surface area contributed by atoms with E-state index in [4.69, 9.17) is 0 Å². The molecule has 2 rings (SSSR count). The Hall–Kier alpha value is -2.36. The maximum absolute atomic E-state index is 10.9. The lowest BCUT2D eigenvalue weighted by molar-refractivity contribution is -0.114. The molecule has 0 saturated heterocycles. The van der Waals surface area contributed by atoms with Crippen LogP contribution in [0.4, 0.5) is 11.4 Å². The smallest absolute Gasteiger partial charge is 0.221 e. The molecular weight excluding hydrogens is 226 g/mol. The van der Waals surface area contributed by atoms with Gasteiger partial charge in [-0.2, -0.15) is 0 Å². The Bertz CT molecular complexity index is 508. The zero-order valence-electron chi connectivity index (χ0n) is 10.2. The van der Waals surface area contributed by atoms with Crippen molar-refractivity contribution in [2.45, 2.75) is 13.5 Å². The maximum Gasteiger partial charge on any atom is 0.221 e. The van der Waals surface area contributed by atoms with E-state index >= 15 is 0 Å². The quantitative estimate of drug-likeness (QED) is 0.865. The van der Waals surface area contributed by atoms with Gasteiger partial charge >= 0.3 is 0 Å². The van der Waals surface area contributed by atoms with Gasteiger partial charge in [0.1, 0.15) is 0 Å². The predicted molar refractivity (Wildman–Crippen MR) is 72.3 cm³/mol. The summed E-state index contributed by atoms with van der Waals surface area (Å²) < 4.78 is 0. The molecule has 0 fully saturated rings. The molecule has 0 aliphatic heterocycles. The van der Waals surface area contributed by atoms with E-state index in [1.54, 1.807) is 6.20 Å². The van der Waals surface area contributed by atoms with Gasteiger partial charge in [-0.3, -0.25) is 9.78 Å². The number of aromatic nitrogens is 1. The van der Waals surface area contributed by atoms with E-state index in [-0.39, 0.29) is 5.91 Å². The molecule has 0 aliphatic rings. The van der Waals surface area contributed by atoms with E-state index in [0.29, 0.717) is 6.54 Å². The monoisotopic (exact) mass is 241 g/mol. The molecule has 1 heterocycles. The number of nitrogens with one attached hydrogen (secondary N) is 2. The van der Waals surface area contributed by atoms with Gasteiger partial charge in [0.2, 0.25) is 5.91 Å². The highest BCUT2D eigenvalue weighted by atomic mass is 16.1. The van der Waals surface area contributed by atoms with Crippen molar-refractivity contribution < 1.29 is 4.79 Å². The van der Waals surface area contributed by atoms with Gasteiger partial charge in [0, 0.05) is 24.5 Å². The van der Waals surface area contributed by atoms with Crippen molar-refractivity contribution >= 4 is 17.3 Å². The van der Waals surface area contributed by atoms with Crippen LogP contribution in [0.3, 0.4) is 0 Å². The Balaban J connectivity index is 1.92. The third-order valence-corrected chi connectivity index (χ3v) is 2.41. The van der Waals surface area contributed by atoms with Gasteiger partial charge in [-0.05, 0) is 36.4 Å². The van der Waals surface area contributed by atoms with Gasteiger partial charge in [-0.15, -0.1) is 0 Å². The molecule has 0 unspecified atom stereocenters. The highest BCUT2D eigenvalue weighted by Gasteiger charge is 1.97. The first kappa shape index (κ1) is 12.1. The highest BCUT2D eigenvalue weighted by molar-refractivity contribution is 5.88. The summed E-state index contributed by atoms with van der Waals surface area (Å²) in [4.78, 5) is 15.1. The number of pyridine rings is 1. The van der Waals surface area contributed by atoms with E-state index in [1.165, 1.54) is 6.92 Å². The zero-order chi connectivity index (χ0) is 12.8. The van der Waals surface area contributed by atoms with Crippen molar-refractivity contribution in [1.29, 1.82) is 0 Å². The van der Waals surface area contributed by atoms with Crippen LogP contribution in [0.1, 0.15) is 12.6 Å². The minimum atomic E-state index is -0.0656. The fraction of sp³-hybridized carbons (Fsp3) is 0.143.